The van der Waals surface area contributed by atoms with Gasteiger partial charge in [-0.05, 0) is 40.5 Å². The van der Waals surface area contributed by atoms with Crippen molar-refractivity contribution in [2.24, 2.45) is 0 Å². The minimum atomic E-state index is -0.274. The summed E-state index contributed by atoms with van der Waals surface area (Å²) in [5, 5.41) is 7.07. The number of hydrogen-bond acceptors (Lipinski definition) is 5. The molecule has 3 aromatic rings. The molecule has 142 valence electrons. The van der Waals surface area contributed by atoms with E-state index in [1.165, 1.54) is 11.8 Å². The molecule has 0 spiro atoms. The van der Waals surface area contributed by atoms with Crippen molar-refractivity contribution in [3.05, 3.63) is 67.2 Å². The van der Waals surface area contributed by atoms with E-state index >= 15 is 0 Å². The molecule has 0 aliphatic rings. The van der Waals surface area contributed by atoms with Gasteiger partial charge in [-0.25, -0.2) is 9.89 Å². The zero-order valence-corrected chi connectivity index (χ0v) is 17.9. The van der Waals surface area contributed by atoms with E-state index in [9.17, 15) is 9.59 Å². The highest BCUT2D eigenvalue weighted by Gasteiger charge is 2.16. The maximum absolute atomic E-state index is 12.6. The molecule has 2 heterocycles. The highest BCUT2D eigenvalue weighted by molar-refractivity contribution is 9.11. The molecule has 27 heavy (non-hydrogen) atoms. The Bertz CT molecular complexity index is 952. The van der Waals surface area contributed by atoms with Crippen LogP contribution in [0.25, 0.3) is 0 Å². The van der Waals surface area contributed by atoms with Crippen molar-refractivity contribution >= 4 is 44.9 Å². The summed E-state index contributed by atoms with van der Waals surface area (Å²) in [6, 6.07) is 13.7. The van der Waals surface area contributed by atoms with Crippen LogP contribution in [-0.2, 0) is 17.9 Å². The Balaban J connectivity index is 1.63. The predicted octanol–water partition coefficient (Wildman–Crippen LogP) is 3.58. The Morgan fingerprint density at radius 1 is 1.30 bits per heavy atom. The number of nitrogens with zero attached hydrogens (tertiary/aromatic N) is 3. The Kier molecular flexibility index (Phi) is 6.92. The van der Waals surface area contributed by atoms with E-state index in [-0.39, 0.29) is 17.3 Å². The normalized spacial score (nSPS) is 10.9. The van der Waals surface area contributed by atoms with Crippen molar-refractivity contribution in [2.75, 3.05) is 12.3 Å². The lowest BCUT2D eigenvalue weighted by Crippen LogP contribution is -2.31. The molecule has 3 rings (SSSR count). The molecule has 1 N–H and O–H groups in total. The molecule has 0 aliphatic carbocycles. The number of halogens is 1. The van der Waals surface area contributed by atoms with Crippen molar-refractivity contribution in [1.82, 2.24) is 19.7 Å². The average Bonchev–Trinajstić information content (AvgIpc) is 3.24. The first-order valence-electron chi connectivity index (χ1n) is 8.40. The van der Waals surface area contributed by atoms with Crippen molar-refractivity contribution in [3.63, 3.8) is 0 Å². The topological polar surface area (TPSA) is 71.0 Å². The lowest BCUT2D eigenvalue weighted by molar-refractivity contribution is -0.128. The number of hydrogen-bond donors (Lipinski definition) is 1. The number of carbonyl (C=O) groups is 1. The smallest absolute Gasteiger partial charge is 0.337 e. The van der Waals surface area contributed by atoms with E-state index < -0.39 is 0 Å². The van der Waals surface area contributed by atoms with Crippen LogP contribution < -0.4 is 5.69 Å². The van der Waals surface area contributed by atoms with E-state index in [1.807, 2.05) is 49.4 Å². The van der Waals surface area contributed by atoms with Gasteiger partial charge in [0.1, 0.15) is 0 Å². The van der Waals surface area contributed by atoms with Crippen LogP contribution in [0.1, 0.15) is 17.4 Å². The summed E-state index contributed by atoms with van der Waals surface area (Å²) < 4.78 is 2.61. The highest BCUT2D eigenvalue weighted by Crippen LogP contribution is 2.24. The van der Waals surface area contributed by atoms with E-state index in [0.29, 0.717) is 24.8 Å². The lowest BCUT2D eigenvalue weighted by atomic mass is 10.2. The summed E-state index contributed by atoms with van der Waals surface area (Å²) in [4.78, 5) is 27.6. The van der Waals surface area contributed by atoms with Gasteiger partial charge in [0.15, 0.2) is 5.16 Å². The zero-order chi connectivity index (χ0) is 19.2. The third-order valence-electron chi connectivity index (χ3n) is 3.94. The van der Waals surface area contributed by atoms with Gasteiger partial charge in [0, 0.05) is 11.4 Å². The Hall–Kier alpha value is -1.84. The van der Waals surface area contributed by atoms with Gasteiger partial charge in [-0.15, -0.1) is 16.4 Å². The van der Waals surface area contributed by atoms with Crippen LogP contribution in [-0.4, -0.2) is 37.9 Å². The van der Waals surface area contributed by atoms with E-state index in [4.69, 9.17) is 0 Å². The van der Waals surface area contributed by atoms with E-state index in [1.54, 1.807) is 20.8 Å². The van der Waals surface area contributed by atoms with Crippen LogP contribution in [0.3, 0.4) is 0 Å². The number of H-pyrrole nitrogens is 1. The summed E-state index contributed by atoms with van der Waals surface area (Å²) in [7, 11) is 0. The Morgan fingerprint density at radius 2 is 2.07 bits per heavy atom. The van der Waals surface area contributed by atoms with Gasteiger partial charge in [0.25, 0.3) is 0 Å². The highest BCUT2D eigenvalue weighted by atomic mass is 79.9. The minimum Gasteiger partial charge on any atom is -0.337 e. The van der Waals surface area contributed by atoms with Crippen molar-refractivity contribution in [1.29, 1.82) is 0 Å². The molecule has 2 aromatic heterocycles. The predicted molar refractivity (Wildman–Crippen MR) is 112 cm³/mol. The summed E-state index contributed by atoms with van der Waals surface area (Å²) in [6.45, 7) is 3.61. The molecule has 9 heteroatoms. The molecule has 0 atom stereocenters. The van der Waals surface area contributed by atoms with Gasteiger partial charge >= 0.3 is 5.69 Å². The minimum absolute atomic E-state index is 0.0220. The monoisotopic (exact) mass is 466 g/mol. The molecule has 1 aromatic carbocycles. The molecule has 1 amide bonds. The number of benzene rings is 1. The first-order valence-corrected chi connectivity index (χ1v) is 11.0. The van der Waals surface area contributed by atoms with Gasteiger partial charge in [-0.2, -0.15) is 0 Å². The molecule has 0 bridgehead atoms. The fourth-order valence-electron chi connectivity index (χ4n) is 2.54. The molecule has 0 fully saturated rings. The molecule has 0 radical (unpaired) electrons. The number of aromatic nitrogens is 3. The summed E-state index contributed by atoms with van der Waals surface area (Å²) in [5.74, 6) is 0.258. The average molecular weight is 467 g/mol. The lowest BCUT2D eigenvalue weighted by Gasteiger charge is -2.19. The third kappa shape index (κ3) is 5.33. The fraction of sp³-hybridized carbons (Fsp3) is 0.278. The SMILES string of the molecule is CCN(Cc1ccc(Br)s1)C(=O)CSc1n[nH]c(=O)n1Cc1ccccc1. The third-order valence-corrected chi connectivity index (χ3v) is 6.51. The largest absolute Gasteiger partial charge is 0.344 e. The van der Waals surface area contributed by atoms with Crippen LogP contribution in [0.2, 0.25) is 0 Å². The molecule has 6 nitrogen and oxygen atoms in total. The summed E-state index contributed by atoms with van der Waals surface area (Å²) in [6.07, 6.45) is 0. The quantitative estimate of drug-likeness (QED) is 0.514. The molecular weight excluding hydrogens is 448 g/mol. The van der Waals surface area contributed by atoms with Crippen LogP contribution in [0.5, 0.6) is 0 Å². The number of aromatic amines is 1. The van der Waals surface area contributed by atoms with Gasteiger partial charge in [0.05, 0.1) is 22.6 Å². The van der Waals surface area contributed by atoms with Gasteiger partial charge in [-0.3, -0.25) is 9.36 Å². The van der Waals surface area contributed by atoms with Crippen molar-refractivity contribution in [2.45, 2.75) is 25.2 Å². The fourth-order valence-corrected chi connectivity index (χ4v) is 4.89. The first-order chi connectivity index (χ1) is 13.1. The second-order valence-corrected chi connectivity index (χ2v) is 9.28. The van der Waals surface area contributed by atoms with E-state index in [0.717, 1.165) is 14.2 Å². The van der Waals surface area contributed by atoms with Crippen LogP contribution in [0.15, 0.2) is 56.2 Å². The number of thiophene rings is 1. The molecule has 0 aliphatic heterocycles. The second kappa shape index (κ2) is 9.38. The van der Waals surface area contributed by atoms with Gasteiger partial charge in [-0.1, -0.05) is 42.1 Å². The maximum atomic E-state index is 12.6. The van der Waals surface area contributed by atoms with Gasteiger partial charge < -0.3 is 4.90 Å². The standard InChI is InChI=1S/C18H19BrN4O2S2/c1-2-22(11-14-8-9-15(19)27-14)16(24)12-26-18-21-20-17(25)23(18)10-13-6-4-3-5-7-13/h3-9H,2,10-12H2,1H3,(H,20,25). The number of rotatable bonds is 8. The molecule has 0 unspecified atom stereocenters. The Morgan fingerprint density at radius 3 is 2.74 bits per heavy atom. The van der Waals surface area contributed by atoms with E-state index in [2.05, 4.69) is 26.1 Å². The molecule has 0 saturated heterocycles. The Labute approximate surface area is 173 Å². The number of nitrogens with one attached hydrogen (secondary N) is 1. The van der Waals surface area contributed by atoms with Crippen molar-refractivity contribution < 1.29 is 4.79 Å². The number of thioether (sulfide) groups is 1. The van der Waals surface area contributed by atoms with Crippen molar-refractivity contribution in [3.8, 4) is 0 Å². The van der Waals surface area contributed by atoms with Crippen LogP contribution >= 0.6 is 39.0 Å². The number of carbonyl (C=O) groups excluding carboxylic acids is 1. The first kappa shape index (κ1) is 19.9. The maximum Gasteiger partial charge on any atom is 0.344 e. The summed E-state index contributed by atoms with van der Waals surface area (Å²) in [5.41, 5.74) is 0.734. The van der Waals surface area contributed by atoms with Crippen LogP contribution in [0.4, 0.5) is 0 Å². The molecule has 0 saturated carbocycles. The zero-order valence-electron chi connectivity index (χ0n) is 14.7. The second-order valence-electron chi connectivity index (χ2n) is 5.79. The summed E-state index contributed by atoms with van der Waals surface area (Å²) >= 11 is 6.35. The number of amides is 1. The van der Waals surface area contributed by atoms with Crippen LogP contribution in [0, 0.1) is 0 Å². The van der Waals surface area contributed by atoms with Gasteiger partial charge in [0.2, 0.25) is 5.91 Å². The molecular formula is C18H19BrN4O2S2.